The monoisotopic (exact) mass is 152 g/mol. The van der Waals surface area contributed by atoms with Crippen LogP contribution in [0.15, 0.2) is 0 Å². The first kappa shape index (κ1) is 7.64. The molecule has 2 saturated carbocycles. The van der Waals surface area contributed by atoms with Gasteiger partial charge in [-0.15, -0.1) is 0 Å². The van der Waals surface area contributed by atoms with Gasteiger partial charge >= 0.3 is 0 Å². The normalized spacial score (nSPS) is 43.9. The summed E-state index contributed by atoms with van der Waals surface area (Å²) in [5, 5.41) is 0. The quantitative estimate of drug-likeness (QED) is 0.538. The Bertz CT molecular complexity index is 128. The molecule has 0 heterocycles. The second-order valence-electron chi connectivity index (χ2n) is 4.54. The minimum atomic E-state index is 1.10. The Morgan fingerprint density at radius 1 is 1.09 bits per heavy atom. The summed E-state index contributed by atoms with van der Waals surface area (Å²) in [6.07, 6.45) is 10.8. The smallest absolute Gasteiger partial charge is 0.0383 e. The van der Waals surface area contributed by atoms with Gasteiger partial charge in [0.05, 0.1) is 0 Å². The van der Waals surface area contributed by atoms with Crippen molar-refractivity contribution >= 4 is 0 Å². The molecule has 0 spiro atoms. The molecule has 0 aromatic rings. The zero-order chi connectivity index (χ0) is 7.68. The molecule has 0 aromatic carbocycles. The molecular formula is C11H20. The van der Waals surface area contributed by atoms with Crippen LogP contribution in [-0.2, 0) is 0 Å². The summed E-state index contributed by atoms with van der Waals surface area (Å²) in [5.74, 6) is 3.37. The average Bonchev–Trinajstić information content (AvgIpc) is 2.33. The molecule has 2 aliphatic rings. The molecule has 0 saturated heterocycles. The van der Waals surface area contributed by atoms with E-state index >= 15 is 0 Å². The third-order valence-electron chi connectivity index (χ3n) is 3.96. The standard InChI is InChI=1S/C11H20/c1-2-10-5-3-4-9-6-7-11(10)8-9/h9-11H,2-8H2,1H3. The van der Waals surface area contributed by atoms with E-state index in [9.17, 15) is 0 Å². The summed E-state index contributed by atoms with van der Waals surface area (Å²) >= 11 is 0. The van der Waals surface area contributed by atoms with E-state index in [-0.39, 0.29) is 0 Å². The fraction of sp³-hybridized carbons (Fsp3) is 1.00. The second-order valence-corrected chi connectivity index (χ2v) is 4.54. The zero-order valence-corrected chi connectivity index (χ0v) is 7.68. The number of fused-ring (bicyclic) bond motifs is 2. The highest BCUT2D eigenvalue weighted by molar-refractivity contribution is 4.83. The molecule has 3 unspecified atom stereocenters. The van der Waals surface area contributed by atoms with Crippen LogP contribution in [0.4, 0.5) is 0 Å². The lowest BCUT2D eigenvalue weighted by Crippen LogP contribution is -2.09. The molecule has 0 N–H and O–H groups in total. The molecule has 64 valence electrons. The Hall–Kier alpha value is 0. The summed E-state index contributed by atoms with van der Waals surface area (Å²) in [5.41, 5.74) is 0. The first-order valence-corrected chi connectivity index (χ1v) is 5.40. The van der Waals surface area contributed by atoms with Crippen molar-refractivity contribution in [2.75, 3.05) is 0 Å². The molecule has 0 aliphatic heterocycles. The Morgan fingerprint density at radius 2 is 2.00 bits per heavy atom. The van der Waals surface area contributed by atoms with Crippen LogP contribution in [0.5, 0.6) is 0 Å². The Balaban J connectivity index is 2.00. The topological polar surface area (TPSA) is 0 Å². The molecule has 0 aromatic heterocycles. The molecule has 3 atom stereocenters. The molecular weight excluding hydrogens is 132 g/mol. The molecule has 2 aliphatic carbocycles. The number of rotatable bonds is 1. The predicted octanol–water partition coefficient (Wildman–Crippen LogP) is 3.61. The van der Waals surface area contributed by atoms with Crippen molar-refractivity contribution in [2.24, 2.45) is 17.8 Å². The summed E-state index contributed by atoms with van der Waals surface area (Å²) in [6.45, 7) is 2.38. The molecule has 2 bridgehead atoms. The zero-order valence-electron chi connectivity index (χ0n) is 7.68. The summed E-state index contributed by atoms with van der Waals surface area (Å²) < 4.78 is 0. The lowest BCUT2D eigenvalue weighted by Gasteiger charge is -2.19. The largest absolute Gasteiger partial charge is 0.0651 e. The maximum atomic E-state index is 2.38. The molecule has 2 fully saturated rings. The van der Waals surface area contributed by atoms with E-state index < -0.39 is 0 Å². The van der Waals surface area contributed by atoms with Crippen molar-refractivity contribution in [1.82, 2.24) is 0 Å². The van der Waals surface area contributed by atoms with E-state index in [1.807, 2.05) is 0 Å². The summed E-state index contributed by atoms with van der Waals surface area (Å²) in [6, 6.07) is 0. The van der Waals surface area contributed by atoms with Crippen LogP contribution >= 0.6 is 0 Å². The van der Waals surface area contributed by atoms with Crippen molar-refractivity contribution in [2.45, 2.75) is 51.9 Å². The highest BCUT2D eigenvalue weighted by Gasteiger charge is 2.32. The van der Waals surface area contributed by atoms with Crippen molar-refractivity contribution in [3.05, 3.63) is 0 Å². The van der Waals surface area contributed by atoms with Crippen LogP contribution in [0.25, 0.3) is 0 Å². The van der Waals surface area contributed by atoms with Gasteiger partial charge in [0.25, 0.3) is 0 Å². The summed E-state index contributed by atoms with van der Waals surface area (Å²) in [4.78, 5) is 0. The van der Waals surface area contributed by atoms with E-state index in [0.717, 1.165) is 17.8 Å². The van der Waals surface area contributed by atoms with Gasteiger partial charge in [0.2, 0.25) is 0 Å². The van der Waals surface area contributed by atoms with Crippen molar-refractivity contribution < 1.29 is 0 Å². The third-order valence-corrected chi connectivity index (χ3v) is 3.96. The van der Waals surface area contributed by atoms with Crippen LogP contribution in [0.2, 0.25) is 0 Å². The first-order valence-electron chi connectivity index (χ1n) is 5.40. The fourth-order valence-electron chi connectivity index (χ4n) is 3.25. The van der Waals surface area contributed by atoms with E-state index in [1.165, 1.54) is 19.3 Å². The van der Waals surface area contributed by atoms with Gasteiger partial charge in [-0.1, -0.05) is 39.0 Å². The Labute approximate surface area is 70.4 Å². The fourth-order valence-corrected chi connectivity index (χ4v) is 3.25. The SMILES string of the molecule is CCC1CCCC2CCC1C2. The van der Waals surface area contributed by atoms with Gasteiger partial charge in [0.15, 0.2) is 0 Å². The second kappa shape index (κ2) is 3.16. The van der Waals surface area contributed by atoms with Crippen molar-refractivity contribution in [3.63, 3.8) is 0 Å². The number of hydrogen-bond donors (Lipinski definition) is 0. The van der Waals surface area contributed by atoms with E-state index in [4.69, 9.17) is 0 Å². The molecule has 0 nitrogen and oxygen atoms in total. The molecule has 2 rings (SSSR count). The average molecular weight is 152 g/mol. The lowest BCUT2D eigenvalue weighted by atomic mass is 9.86. The Kier molecular flexibility index (Phi) is 2.20. The lowest BCUT2D eigenvalue weighted by molar-refractivity contribution is 0.315. The molecule has 0 amide bonds. The van der Waals surface area contributed by atoms with Crippen LogP contribution in [0.3, 0.4) is 0 Å². The van der Waals surface area contributed by atoms with E-state index in [2.05, 4.69) is 6.92 Å². The van der Waals surface area contributed by atoms with Crippen LogP contribution in [-0.4, -0.2) is 0 Å². The molecule has 11 heavy (non-hydrogen) atoms. The van der Waals surface area contributed by atoms with E-state index in [0.29, 0.717) is 0 Å². The van der Waals surface area contributed by atoms with Crippen LogP contribution in [0.1, 0.15) is 51.9 Å². The van der Waals surface area contributed by atoms with Gasteiger partial charge in [-0.25, -0.2) is 0 Å². The minimum absolute atomic E-state index is 1.10. The number of hydrogen-bond acceptors (Lipinski definition) is 0. The third kappa shape index (κ3) is 1.45. The summed E-state index contributed by atoms with van der Waals surface area (Å²) in [7, 11) is 0. The van der Waals surface area contributed by atoms with Crippen LogP contribution < -0.4 is 0 Å². The highest BCUT2D eigenvalue weighted by atomic mass is 14.4. The van der Waals surface area contributed by atoms with Gasteiger partial charge in [0.1, 0.15) is 0 Å². The first-order chi connectivity index (χ1) is 5.40. The molecule has 0 heteroatoms. The van der Waals surface area contributed by atoms with Gasteiger partial charge < -0.3 is 0 Å². The van der Waals surface area contributed by atoms with Crippen LogP contribution in [0, 0.1) is 17.8 Å². The predicted molar refractivity (Wildman–Crippen MR) is 48.5 cm³/mol. The van der Waals surface area contributed by atoms with Gasteiger partial charge in [-0.05, 0) is 30.6 Å². The van der Waals surface area contributed by atoms with E-state index in [1.54, 1.807) is 25.7 Å². The van der Waals surface area contributed by atoms with Gasteiger partial charge in [-0.2, -0.15) is 0 Å². The Morgan fingerprint density at radius 3 is 2.82 bits per heavy atom. The van der Waals surface area contributed by atoms with Crippen molar-refractivity contribution in [3.8, 4) is 0 Å². The maximum Gasteiger partial charge on any atom is -0.0383 e. The van der Waals surface area contributed by atoms with Gasteiger partial charge in [0, 0.05) is 0 Å². The highest BCUT2D eigenvalue weighted by Crippen LogP contribution is 2.44. The maximum absolute atomic E-state index is 2.38. The molecule has 0 radical (unpaired) electrons. The minimum Gasteiger partial charge on any atom is -0.0651 e. The van der Waals surface area contributed by atoms with Crippen molar-refractivity contribution in [1.29, 1.82) is 0 Å². The van der Waals surface area contributed by atoms with Gasteiger partial charge in [-0.3, -0.25) is 0 Å².